The molecule has 0 spiro atoms. The first-order valence-electron chi connectivity index (χ1n) is 12.4. The molecule has 0 unspecified atom stereocenters. The van der Waals surface area contributed by atoms with Crippen LogP contribution < -0.4 is 5.32 Å². The molecule has 13 heteroatoms. The van der Waals surface area contributed by atoms with Crippen LogP contribution in [0.5, 0.6) is 0 Å². The number of nitrogens with zero attached hydrogens (tertiary/aromatic N) is 1. The fourth-order valence-corrected chi connectivity index (χ4v) is 5.29. The number of halogens is 6. The molecule has 216 valence electrons. The molecular weight excluding hydrogens is 550 g/mol. The largest absolute Gasteiger partial charge is 0.430 e. The molecular formula is C26H30F6N2O4S. The highest BCUT2D eigenvalue weighted by molar-refractivity contribution is 7.91. The van der Waals surface area contributed by atoms with Crippen LogP contribution in [-0.4, -0.2) is 63.6 Å². The lowest BCUT2D eigenvalue weighted by Crippen LogP contribution is -2.56. The molecule has 0 aromatic heterocycles. The molecule has 1 N–H and O–H groups in total. The van der Waals surface area contributed by atoms with Gasteiger partial charge in [-0.2, -0.15) is 26.3 Å². The van der Waals surface area contributed by atoms with Crippen molar-refractivity contribution in [2.24, 2.45) is 0 Å². The zero-order valence-corrected chi connectivity index (χ0v) is 22.1. The third-order valence-corrected chi connectivity index (χ3v) is 8.33. The Morgan fingerprint density at radius 3 is 1.97 bits per heavy atom. The summed E-state index contributed by atoms with van der Waals surface area (Å²) < 4.78 is 113. The quantitative estimate of drug-likeness (QED) is 0.377. The van der Waals surface area contributed by atoms with E-state index in [1.165, 1.54) is 31.2 Å². The van der Waals surface area contributed by atoms with Crippen LogP contribution in [0.3, 0.4) is 0 Å². The van der Waals surface area contributed by atoms with Gasteiger partial charge in [0.25, 0.3) is 5.60 Å². The summed E-state index contributed by atoms with van der Waals surface area (Å²) in [6.07, 6.45) is -9.18. The molecule has 1 amide bonds. The van der Waals surface area contributed by atoms with E-state index in [9.17, 15) is 39.6 Å². The Morgan fingerprint density at radius 1 is 0.897 bits per heavy atom. The van der Waals surface area contributed by atoms with E-state index in [4.69, 9.17) is 0 Å². The van der Waals surface area contributed by atoms with Crippen LogP contribution in [0.2, 0.25) is 0 Å². The third-order valence-electron chi connectivity index (χ3n) is 6.58. The summed E-state index contributed by atoms with van der Waals surface area (Å²) in [5.74, 6) is -0.680. The molecule has 0 atom stereocenters. The number of amides is 1. The van der Waals surface area contributed by atoms with Crippen LogP contribution in [0.1, 0.15) is 37.3 Å². The third kappa shape index (κ3) is 7.31. The van der Waals surface area contributed by atoms with E-state index >= 15 is 0 Å². The Labute approximate surface area is 223 Å². The lowest BCUT2D eigenvalue weighted by Gasteiger charge is -2.38. The van der Waals surface area contributed by atoms with E-state index in [0.29, 0.717) is 30.8 Å². The Kier molecular flexibility index (Phi) is 9.71. The lowest BCUT2D eigenvalue weighted by atomic mass is 9.91. The van der Waals surface area contributed by atoms with Gasteiger partial charge in [-0.15, -0.1) is 0 Å². The molecule has 0 radical (unpaired) electrons. The van der Waals surface area contributed by atoms with Gasteiger partial charge in [0.1, 0.15) is 0 Å². The van der Waals surface area contributed by atoms with Crippen LogP contribution in [0, 0.1) is 0 Å². The average Bonchev–Trinajstić information content (AvgIpc) is 2.86. The maximum absolute atomic E-state index is 14.0. The normalized spacial score (nSPS) is 15.8. The molecule has 1 fully saturated rings. The second kappa shape index (κ2) is 12.3. The van der Waals surface area contributed by atoms with Gasteiger partial charge in [0, 0.05) is 17.8 Å². The summed E-state index contributed by atoms with van der Waals surface area (Å²) in [7, 11) is -3.41. The molecule has 3 rings (SSSR count). The van der Waals surface area contributed by atoms with Gasteiger partial charge in [0.15, 0.2) is 9.84 Å². The number of ether oxygens (including phenoxy) is 1. The number of nitrogens with one attached hydrogen (secondary N) is 1. The predicted octanol–water partition coefficient (Wildman–Crippen LogP) is 5.48. The van der Waals surface area contributed by atoms with Crippen LogP contribution >= 0.6 is 0 Å². The SMILES string of the molecule is CCS(=O)(=O)c1ccc(CC(=O)Nc2ccc(C(OCCN3CCCCC3)(C(F)(F)F)C(F)(F)F)cc2)cc1. The van der Waals surface area contributed by atoms with Crippen molar-refractivity contribution in [3.63, 3.8) is 0 Å². The van der Waals surface area contributed by atoms with Gasteiger partial charge in [0.2, 0.25) is 5.91 Å². The number of rotatable bonds is 10. The van der Waals surface area contributed by atoms with Crippen LogP contribution in [0.25, 0.3) is 0 Å². The summed E-state index contributed by atoms with van der Waals surface area (Å²) in [4.78, 5) is 14.3. The number of likely N-dealkylation sites (tertiary alicyclic amines) is 1. The monoisotopic (exact) mass is 580 g/mol. The standard InChI is InChI=1S/C26H30F6N2O4S/c1-2-39(36,37)22-12-6-19(7-13-22)18-23(35)33-21-10-8-20(9-11-21)24(25(27,28)29,26(30,31)32)38-17-16-34-14-4-3-5-15-34/h6-13H,2-5,14-18H2,1H3,(H,33,35). The van der Waals surface area contributed by atoms with Crippen molar-refractivity contribution in [1.82, 2.24) is 4.90 Å². The van der Waals surface area contributed by atoms with E-state index in [1.54, 1.807) is 4.90 Å². The molecule has 2 aromatic carbocycles. The molecule has 0 bridgehead atoms. The zero-order chi connectivity index (χ0) is 28.9. The molecule has 1 aliphatic rings. The maximum atomic E-state index is 14.0. The van der Waals surface area contributed by atoms with Crippen molar-refractivity contribution < 1.29 is 44.3 Å². The lowest BCUT2D eigenvalue weighted by molar-refractivity contribution is -0.389. The minimum absolute atomic E-state index is 0.0134. The van der Waals surface area contributed by atoms with E-state index in [-0.39, 0.29) is 29.3 Å². The molecule has 39 heavy (non-hydrogen) atoms. The van der Waals surface area contributed by atoms with Crippen LogP contribution in [0.4, 0.5) is 32.0 Å². The average molecular weight is 581 g/mol. The summed E-state index contributed by atoms with van der Waals surface area (Å²) >= 11 is 0. The summed E-state index contributed by atoms with van der Waals surface area (Å²) in [5, 5.41) is 2.42. The molecule has 0 saturated carbocycles. The molecule has 1 aliphatic heterocycles. The van der Waals surface area contributed by atoms with Gasteiger partial charge in [0.05, 0.1) is 23.7 Å². The van der Waals surface area contributed by atoms with Gasteiger partial charge in [-0.05, 0) is 55.8 Å². The molecule has 1 heterocycles. The number of piperidine rings is 1. The number of carbonyl (C=O) groups excluding carboxylic acids is 1. The second-order valence-corrected chi connectivity index (χ2v) is 11.6. The fourth-order valence-electron chi connectivity index (χ4n) is 4.41. The number of alkyl halides is 6. The summed E-state index contributed by atoms with van der Waals surface area (Å²) in [6.45, 7) is 1.84. The van der Waals surface area contributed by atoms with Gasteiger partial charge in [-0.25, -0.2) is 8.42 Å². The Bertz CT molecular complexity index is 1190. The van der Waals surface area contributed by atoms with Crippen molar-refractivity contribution in [3.05, 3.63) is 59.7 Å². The van der Waals surface area contributed by atoms with E-state index in [0.717, 1.165) is 31.4 Å². The van der Waals surface area contributed by atoms with Crippen LogP contribution in [-0.2, 0) is 31.4 Å². The Balaban J connectivity index is 1.74. The Hall–Kier alpha value is -2.64. The van der Waals surface area contributed by atoms with Gasteiger partial charge >= 0.3 is 12.4 Å². The first kappa shape index (κ1) is 30.9. The highest BCUT2D eigenvalue weighted by Crippen LogP contribution is 2.53. The van der Waals surface area contributed by atoms with E-state index in [2.05, 4.69) is 10.1 Å². The van der Waals surface area contributed by atoms with Gasteiger partial charge in [-0.3, -0.25) is 4.79 Å². The zero-order valence-electron chi connectivity index (χ0n) is 21.2. The Morgan fingerprint density at radius 2 is 1.46 bits per heavy atom. The van der Waals surface area contributed by atoms with E-state index in [1.807, 2.05) is 0 Å². The van der Waals surface area contributed by atoms with Crippen molar-refractivity contribution in [3.8, 4) is 0 Å². The summed E-state index contributed by atoms with van der Waals surface area (Å²) in [6, 6.07) is 8.80. The van der Waals surface area contributed by atoms with Gasteiger partial charge < -0.3 is 15.0 Å². The highest BCUT2D eigenvalue weighted by atomic mass is 32.2. The number of anilines is 1. The van der Waals surface area contributed by atoms with Crippen molar-refractivity contribution in [1.29, 1.82) is 0 Å². The first-order valence-corrected chi connectivity index (χ1v) is 14.1. The number of hydrogen-bond acceptors (Lipinski definition) is 5. The first-order chi connectivity index (χ1) is 18.2. The molecule has 1 saturated heterocycles. The maximum Gasteiger partial charge on any atom is 0.430 e. The number of sulfone groups is 1. The number of benzene rings is 2. The number of hydrogen-bond donors (Lipinski definition) is 1. The minimum atomic E-state index is -5.80. The van der Waals surface area contributed by atoms with E-state index < -0.39 is 45.9 Å². The molecule has 0 aliphatic carbocycles. The highest BCUT2D eigenvalue weighted by Gasteiger charge is 2.73. The topological polar surface area (TPSA) is 75.7 Å². The minimum Gasteiger partial charge on any atom is -0.353 e. The van der Waals surface area contributed by atoms with Crippen molar-refractivity contribution >= 4 is 21.4 Å². The summed E-state index contributed by atoms with van der Waals surface area (Å²) in [5.41, 5.74) is -5.22. The second-order valence-electron chi connectivity index (χ2n) is 9.28. The van der Waals surface area contributed by atoms with Crippen molar-refractivity contribution in [2.45, 2.75) is 55.5 Å². The molecule has 2 aromatic rings. The fraction of sp³-hybridized carbons (Fsp3) is 0.500. The van der Waals surface area contributed by atoms with Crippen molar-refractivity contribution in [2.75, 3.05) is 37.3 Å². The molecule has 6 nitrogen and oxygen atoms in total. The van der Waals surface area contributed by atoms with Gasteiger partial charge in [-0.1, -0.05) is 37.6 Å². The predicted molar refractivity (Wildman–Crippen MR) is 133 cm³/mol. The smallest absolute Gasteiger partial charge is 0.353 e. The van der Waals surface area contributed by atoms with Crippen LogP contribution in [0.15, 0.2) is 53.4 Å². The number of carbonyl (C=O) groups is 1.